The number of benzene rings is 1. The van der Waals surface area contributed by atoms with E-state index < -0.39 is 0 Å². The second-order valence-electron chi connectivity index (χ2n) is 2.18. The first-order chi connectivity index (χ1) is 5.70. The zero-order chi connectivity index (χ0) is 8.72. The minimum Gasteiger partial charge on any atom is -0.442 e. The first kappa shape index (κ1) is 8.35. The zero-order valence-electron chi connectivity index (χ0n) is 5.64. The van der Waals surface area contributed by atoms with Crippen LogP contribution in [0.4, 0.5) is 0 Å². The predicted molar refractivity (Wildman–Crippen MR) is 51.7 cm³/mol. The van der Waals surface area contributed by atoms with Crippen molar-refractivity contribution >= 4 is 50.2 Å². The maximum atomic E-state index is 5.90. The van der Waals surface area contributed by atoms with E-state index in [9.17, 15) is 0 Å². The second kappa shape index (κ2) is 2.91. The van der Waals surface area contributed by atoms with E-state index in [1.54, 1.807) is 6.07 Å². The Kier molecular flexibility index (Phi) is 2.02. The topological polar surface area (TPSA) is 26.0 Å². The summed E-state index contributed by atoms with van der Waals surface area (Å²) in [6, 6.07) is 1.69. The Morgan fingerprint density at radius 3 is 2.92 bits per heavy atom. The third-order valence-corrected chi connectivity index (χ3v) is 2.97. The van der Waals surface area contributed by atoms with Gasteiger partial charge in [0.2, 0.25) is 0 Å². The molecule has 5 heteroatoms. The van der Waals surface area contributed by atoms with E-state index in [0.29, 0.717) is 25.6 Å². The molecule has 0 amide bonds. The van der Waals surface area contributed by atoms with Crippen LogP contribution in [0.5, 0.6) is 0 Å². The molecule has 0 unspecified atom stereocenters. The van der Waals surface area contributed by atoms with Crippen molar-refractivity contribution in [3.8, 4) is 0 Å². The fraction of sp³-hybridized carbons (Fsp3) is 0. The molecule has 0 spiro atoms. The van der Waals surface area contributed by atoms with E-state index in [2.05, 4.69) is 20.9 Å². The molecule has 0 atom stereocenters. The van der Waals surface area contributed by atoms with Crippen molar-refractivity contribution in [2.24, 2.45) is 0 Å². The van der Waals surface area contributed by atoms with Crippen molar-refractivity contribution in [1.82, 2.24) is 4.98 Å². The van der Waals surface area contributed by atoms with Gasteiger partial charge >= 0.3 is 0 Å². The standard InChI is InChI=1S/C7H2BrCl2NO/c8-3-1-4(9)6-7(5(3)10)12-2-11-6/h1-2H. The Morgan fingerprint density at radius 1 is 1.42 bits per heavy atom. The maximum Gasteiger partial charge on any atom is 0.182 e. The van der Waals surface area contributed by atoms with Gasteiger partial charge in [-0.05, 0) is 22.0 Å². The van der Waals surface area contributed by atoms with Crippen LogP contribution in [0.2, 0.25) is 10.0 Å². The summed E-state index contributed by atoms with van der Waals surface area (Å²) in [7, 11) is 0. The van der Waals surface area contributed by atoms with E-state index in [0.717, 1.165) is 0 Å². The largest absolute Gasteiger partial charge is 0.442 e. The van der Waals surface area contributed by atoms with Gasteiger partial charge in [0.05, 0.1) is 10.0 Å². The van der Waals surface area contributed by atoms with Crippen LogP contribution in [0.3, 0.4) is 0 Å². The van der Waals surface area contributed by atoms with Crippen LogP contribution in [0, 0.1) is 0 Å². The Bertz CT molecular complexity index is 440. The summed E-state index contributed by atoms with van der Waals surface area (Å²) in [5.41, 5.74) is 1.10. The third-order valence-electron chi connectivity index (χ3n) is 1.46. The van der Waals surface area contributed by atoms with Crippen LogP contribution < -0.4 is 0 Å². The van der Waals surface area contributed by atoms with Gasteiger partial charge in [-0.15, -0.1) is 0 Å². The van der Waals surface area contributed by atoms with Crippen LogP contribution in [0.1, 0.15) is 0 Å². The summed E-state index contributed by atoms with van der Waals surface area (Å²) >= 11 is 15.0. The Balaban J connectivity index is 2.97. The quantitative estimate of drug-likeness (QED) is 0.676. The summed E-state index contributed by atoms with van der Waals surface area (Å²) < 4.78 is 5.76. The Labute approximate surface area is 86.6 Å². The van der Waals surface area contributed by atoms with E-state index in [1.165, 1.54) is 6.39 Å². The lowest BCUT2D eigenvalue weighted by atomic mass is 10.3. The molecule has 1 aromatic heterocycles. The number of aromatic nitrogens is 1. The van der Waals surface area contributed by atoms with Gasteiger partial charge in [-0.25, -0.2) is 4.98 Å². The lowest BCUT2D eigenvalue weighted by Crippen LogP contribution is -1.74. The van der Waals surface area contributed by atoms with Crippen molar-refractivity contribution in [2.45, 2.75) is 0 Å². The SMILES string of the molecule is Clc1cc(Br)c(Cl)c2ocnc12. The average Bonchev–Trinajstić information content (AvgIpc) is 2.48. The van der Waals surface area contributed by atoms with Crippen molar-refractivity contribution in [3.63, 3.8) is 0 Å². The molecule has 2 aromatic rings. The molecule has 2 nitrogen and oxygen atoms in total. The molecule has 0 fully saturated rings. The van der Waals surface area contributed by atoms with Gasteiger partial charge in [-0.1, -0.05) is 23.2 Å². The molecule has 0 saturated heterocycles. The van der Waals surface area contributed by atoms with Gasteiger partial charge in [0.15, 0.2) is 12.0 Å². The van der Waals surface area contributed by atoms with Gasteiger partial charge in [-0.3, -0.25) is 0 Å². The number of rotatable bonds is 0. The molecular formula is C7H2BrCl2NO. The summed E-state index contributed by atoms with van der Waals surface area (Å²) in [5, 5.41) is 1.02. The second-order valence-corrected chi connectivity index (χ2v) is 3.82. The summed E-state index contributed by atoms with van der Waals surface area (Å²) in [6.07, 6.45) is 1.31. The van der Waals surface area contributed by atoms with E-state index in [1.807, 2.05) is 0 Å². The number of hydrogen-bond donors (Lipinski definition) is 0. The molecule has 0 aliphatic carbocycles. The molecule has 0 bridgehead atoms. The highest BCUT2D eigenvalue weighted by atomic mass is 79.9. The van der Waals surface area contributed by atoms with Gasteiger partial charge in [0.1, 0.15) is 5.52 Å². The number of oxazole rings is 1. The Hall–Kier alpha value is -0.250. The molecule has 0 aliphatic rings. The first-order valence-corrected chi connectivity index (χ1v) is 4.61. The Morgan fingerprint density at radius 2 is 2.17 bits per heavy atom. The fourth-order valence-corrected chi connectivity index (χ4v) is 1.90. The molecule has 12 heavy (non-hydrogen) atoms. The van der Waals surface area contributed by atoms with Crippen LogP contribution in [-0.2, 0) is 0 Å². The highest BCUT2D eigenvalue weighted by Gasteiger charge is 2.11. The lowest BCUT2D eigenvalue weighted by molar-refractivity contribution is 0.602. The number of nitrogens with zero attached hydrogens (tertiary/aromatic N) is 1. The van der Waals surface area contributed by atoms with Crippen LogP contribution in [-0.4, -0.2) is 4.98 Å². The van der Waals surface area contributed by atoms with Crippen molar-refractivity contribution in [2.75, 3.05) is 0 Å². The van der Waals surface area contributed by atoms with Crippen LogP contribution in [0.15, 0.2) is 21.3 Å². The van der Waals surface area contributed by atoms with Crippen LogP contribution >= 0.6 is 39.1 Å². The highest BCUT2D eigenvalue weighted by Crippen LogP contribution is 2.35. The fourth-order valence-electron chi connectivity index (χ4n) is 0.923. The van der Waals surface area contributed by atoms with Gasteiger partial charge in [0, 0.05) is 4.47 Å². The molecule has 0 radical (unpaired) electrons. The van der Waals surface area contributed by atoms with E-state index >= 15 is 0 Å². The molecule has 0 N–H and O–H groups in total. The van der Waals surface area contributed by atoms with Gasteiger partial charge < -0.3 is 4.42 Å². The molecule has 0 saturated carbocycles. The summed E-state index contributed by atoms with van der Waals surface area (Å²) in [6.45, 7) is 0. The van der Waals surface area contributed by atoms with Gasteiger partial charge in [-0.2, -0.15) is 0 Å². The molecule has 0 aliphatic heterocycles. The smallest absolute Gasteiger partial charge is 0.182 e. The molecule has 1 heterocycles. The molecule has 62 valence electrons. The predicted octanol–water partition coefficient (Wildman–Crippen LogP) is 3.90. The highest BCUT2D eigenvalue weighted by molar-refractivity contribution is 9.10. The third kappa shape index (κ3) is 1.13. The average molecular weight is 267 g/mol. The monoisotopic (exact) mass is 265 g/mol. The molecule has 2 rings (SSSR count). The normalized spacial score (nSPS) is 10.9. The van der Waals surface area contributed by atoms with Crippen molar-refractivity contribution in [1.29, 1.82) is 0 Å². The van der Waals surface area contributed by atoms with E-state index in [4.69, 9.17) is 27.6 Å². The number of hydrogen-bond acceptors (Lipinski definition) is 2. The first-order valence-electron chi connectivity index (χ1n) is 3.07. The summed E-state index contributed by atoms with van der Waals surface area (Å²) in [4.78, 5) is 3.92. The maximum absolute atomic E-state index is 5.90. The number of halogens is 3. The minimum absolute atomic E-state index is 0.493. The number of fused-ring (bicyclic) bond motifs is 1. The van der Waals surface area contributed by atoms with Gasteiger partial charge in [0.25, 0.3) is 0 Å². The van der Waals surface area contributed by atoms with Crippen LogP contribution in [0.25, 0.3) is 11.1 Å². The van der Waals surface area contributed by atoms with E-state index in [-0.39, 0.29) is 0 Å². The zero-order valence-corrected chi connectivity index (χ0v) is 8.74. The summed E-state index contributed by atoms with van der Waals surface area (Å²) in [5.74, 6) is 0. The van der Waals surface area contributed by atoms with Crippen molar-refractivity contribution in [3.05, 3.63) is 27.0 Å². The molecular weight excluding hydrogens is 265 g/mol. The van der Waals surface area contributed by atoms with Crippen molar-refractivity contribution < 1.29 is 4.42 Å². The lowest BCUT2D eigenvalue weighted by Gasteiger charge is -1.96. The molecule has 1 aromatic carbocycles. The minimum atomic E-state index is 0.493.